The van der Waals surface area contributed by atoms with Gasteiger partial charge in [0.05, 0.1) is 0 Å². The highest BCUT2D eigenvalue weighted by Gasteiger charge is 2.62. The van der Waals surface area contributed by atoms with Crippen LogP contribution in [0.1, 0.15) is 25.8 Å². The third kappa shape index (κ3) is 3.17. The highest BCUT2D eigenvalue weighted by atomic mass is 32.2. The van der Waals surface area contributed by atoms with Crippen LogP contribution in [0.3, 0.4) is 0 Å². The number of hydrogen-bond donors (Lipinski definition) is 0. The average Bonchev–Trinajstić information content (AvgIpc) is 2.39. The zero-order chi connectivity index (χ0) is 15.4. The average molecular weight is 306 g/mol. The third-order valence-corrected chi connectivity index (χ3v) is 4.29. The Morgan fingerprint density at radius 1 is 1.30 bits per heavy atom. The number of methoxy groups -OCH3 is 1. The summed E-state index contributed by atoms with van der Waals surface area (Å²) in [5.41, 5.74) is -3.11. The SMILES string of the molecule is CC[C@H](C)SC(=O)[C@](OC)(c1ccccc1)C(F)(F)F. The van der Waals surface area contributed by atoms with Gasteiger partial charge < -0.3 is 4.74 Å². The molecule has 1 rings (SSSR count). The van der Waals surface area contributed by atoms with Crippen LogP contribution in [0, 0.1) is 0 Å². The Labute approximate surface area is 120 Å². The second kappa shape index (κ2) is 6.63. The fourth-order valence-corrected chi connectivity index (χ4v) is 2.75. The first-order chi connectivity index (χ1) is 9.29. The topological polar surface area (TPSA) is 26.3 Å². The van der Waals surface area contributed by atoms with Gasteiger partial charge in [-0.05, 0) is 6.42 Å². The molecule has 0 aromatic heterocycles. The molecule has 112 valence electrons. The maximum Gasteiger partial charge on any atom is 0.429 e. The van der Waals surface area contributed by atoms with E-state index in [1.807, 2.05) is 6.92 Å². The van der Waals surface area contributed by atoms with E-state index in [4.69, 9.17) is 4.74 Å². The van der Waals surface area contributed by atoms with Gasteiger partial charge in [-0.2, -0.15) is 13.2 Å². The molecule has 0 fully saturated rings. The van der Waals surface area contributed by atoms with Crippen LogP contribution in [-0.2, 0) is 15.1 Å². The van der Waals surface area contributed by atoms with Crippen molar-refractivity contribution >= 4 is 16.9 Å². The maximum atomic E-state index is 13.5. The summed E-state index contributed by atoms with van der Waals surface area (Å²) in [5.74, 6) is 0. The molecule has 0 aliphatic rings. The van der Waals surface area contributed by atoms with Gasteiger partial charge in [0.15, 0.2) is 0 Å². The molecular formula is C14H17F3O2S. The van der Waals surface area contributed by atoms with Gasteiger partial charge in [-0.3, -0.25) is 4.79 Å². The van der Waals surface area contributed by atoms with Crippen LogP contribution in [0.5, 0.6) is 0 Å². The molecule has 0 aliphatic carbocycles. The van der Waals surface area contributed by atoms with Crippen molar-refractivity contribution in [3.63, 3.8) is 0 Å². The van der Waals surface area contributed by atoms with Gasteiger partial charge in [-0.15, -0.1) is 0 Å². The molecule has 0 bridgehead atoms. The summed E-state index contributed by atoms with van der Waals surface area (Å²) in [6, 6.07) is 7.01. The van der Waals surface area contributed by atoms with Crippen molar-refractivity contribution in [1.82, 2.24) is 0 Å². The van der Waals surface area contributed by atoms with Crippen LogP contribution in [0.25, 0.3) is 0 Å². The Morgan fingerprint density at radius 3 is 2.25 bits per heavy atom. The van der Waals surface area contributed by atoms with Crippen LogP contribution in [0.2, 0.25) is 0 Å². The third-order valence-electron chi connectivity index (χ3n) is 3.06. The summed E-state index contributed by atoms with van der Waals surface area (Å²) < 4.78 is 45.2. The molecule has 0 heterocycles. The molecule has 0 spiro atoms. The van der Waals surface area contributed by atoms with Gasteiger partial charge in [0.25, 0.3) is 5.60 Å². The van der Waals surface area contributed by atoms with E-state index in [9.17, 15) is 18.0 Å². The molecule has 2 nitrogen and oxygen atoms in total. The van der Waals surface area contributed by atoms with Crippen LogP contribution < -0.4 is 0 Å². The van der Waals surface area contributed by atoms with Crippen molar-refractivity contribution in [1.29, 1.82) is 0 Å². The summed E-state index contributed by atoms with van der Waals surface area (Å²) >= 11 is 0.669. The van der Waals surface area contributed by atoms with Crippen LogP contribution in [0.15, 0.2) is 30.3 Å². The zero-order valence-corrected chi connectivity index (χ0v) is 12.3. The second-order valence-corrected chi connectivity index (χ2v) is 5.78. The fraction of sp³-hybridized carbons (Fsp3) is 0.500. The minimum absolute atomic E-state index is 0.198. The number of benzene rings is 1. The highest BCUT2D eigenvalue weighted by molar-refractivity contribution is 8.14. The number of halogens is 3. The van der Waals surface area contributed by atoms with E-state index in [-0.39, 0.29) is 10.8 Å². The lowest BCUT2D eigenvalue weighted by atomic mass is 9.94. The molecule has 20 heavy (non-hydrogen) atoms. The predicted molar refractivity (Wildman–Crippen MR) is 73.5 cm³/mol. The summed E-state index contributed by atoms with van der Waals surface area (Å²) in [5, 5.41) is -1.24. The molecular weight excluding hydrogens is 289 g/mol. The Kier molecular flexibility index (Phi) is 5.65. The fourth-order valence-electron chi connectivity index (χ4n) is 1.74. The number of carbonyl (C=O) groups is 1. The lowest BCUT2D eigenvalue weighted by Gasteiger charge is -2.33. The second-order valence-electron chi connectivity index (χ2n) is 4.37. The Hall–Kier alpha value is -1.01. The summed E-state index contributed by atoms with van der Waals surface area (Å²) in [6.45, 7) is 3.53. The van der Waals surface area contributed by atoms with E-state index in [2.05, 4.69) is 0 Å². The summed E-state index contributed by atoms with van der Waals surface area (Å²) in [6.07, 6.45) is -4.22. The largest absolute Gasteiger partial charge is 0.429 e. The van der Waals surface area contributed by atoms with E-state index in [1.54, 1.807) is 13.0 Å². The smallest absolute Gasteiger partial charge is 0.357 e. The molecule has 1 aromatic carbocycles. The van der Waals surface area contributed by atoms with Crippen molar-refractivity contribution in [2.24, 2.45) is 0 Å². The molecule has 0 aliphatic heterocycles. The lowest BCUT2D eigenvalue weighted by molar-refractivity contribution is -0.260. The number of thioether (sulfide) groups is 1. The van der Waals surface area contributed by atoms with Crippen molar-refractivity contribution in [3.05, 3.63) is 35.9 Å². The number of rotatable bonds is 5. The normalized spacial score (nSPS) is 16.5. The van der Waals surface area contributed by atoms with Gasteiger partial charge in [-0.25, -0.2) is 0 Å². The van der Waals surface area contributed by atoms with Gasteiger partial charge in [0.2, 0.25) is 5.12 Å². The van der Waals surface area contributed by atoms with E-state index in [1.165, 1.54) is 24.3 Å². The van der Waals surface area contributed by atoms with Gasteiger partial charge in [0, 0.05) is 17.9 Å². The standard InChI is InChI=1S/C14H17F3O2S/c1-4-10(2)20-12(18)13(19-3,14(15,16)17)11-8-6-5-7-9-11/h5-10H,4H2,1-3H3/t10-,13+/m0/s1. The monoisotopic (exact) mass is 306 g/mol. The molecule has 1 aromatic rings. The van der Waals surface area contributed by atoms with Gasteiger partial charge in [-0.1, -0.05) is 55.9 Å². The first-order valence-electron chi connectivity index (χ1n) is 6.18. The zero-order valence-electron chi connectivity index (χ0n) is 11.5. The number of ether oxygens (including phenoxy) is 1. The van der Waals surface area contributed by atoms with E-state index >= 15 is 0 Å². The molecule has 6 heteroatoms. The van der Waals surface area contributed by atoms with Crippen molar-refractivity contribution in [2.75, 3.05) is 7.11 Å². The number of alkyl halides is 3. The maximum absolute atomic E-state index is 13.5. The van der Waals surface area contributed by atoms with E-state index in [0.717, 1.165) is 7.11 Å². The Morgan fingerprint density at radius 2 is 1.85 bits per heavy atom. The van der Waals surface area contributed by atoms with E-state index < -0.39 is 16.9 Å². The van der Waals surface area contributed by atoms with Crippen molar-refractivity contribution in [2.45, 2.75) is 37.3 Å². The van der Waals surface area contributed by atoms with Crippen LogP contribution in [-0.4, -0.2) is 23.7 Å². The van der Waals surface area contributed by atoms with Gasteiger partial charge in [0.1, 0.15) is 0 Å². The molecule has 0 saturated heterocycles. The van der Waals surface area contributed by atoms with Crippen LogP contribution >= 0.6 is 11.8 Å². The molecule has 0 unspecified atom stereocenters. The summed E-state index contributed by atoms with van der Waals surface area (Å²) in [7, 11) is 0.912. The van der Waals surface area contributed by atoms with E-state index in [0.29, 0.717) is 18.2 Å². The number of hydrogen-bond acceptors (Lipinski definition) is 3. The molecule has 0 amide bonds. The molecule has 0 saturated carbocycles. The summed E-state index contributed by atoms with van der Waals surface area (Å²) in [4.78, 5) is 12.2. The quantitative estimate of drug-likeness (QED) is 0.817. The highest BCUT2D eigenvalue weighted by Crippen LogP contribution is 2.45. The molecule has 2 atom stereocenters. The minimum Gasteiger partial charge on any atom is -0.357 e. The Balaban J connectivity index is 3.31. The minimum atomic E-state index is -4.82. The predicted octanol–water partition coefficient (Wildman–Crippen LogP) is 4.15. The lowest BCUT2D eigenvalue weighted by Crippen LogP contribution is -2.50. The Bertz CT molecular complexity index is 447. The molecule has 0 N–H and O–H groups in total. The van der Waals surface area contributed by atoms with Crippen LogP contribution in [0.4, 0.5) is 13.2 Å². The first-order valence-corrected chi connectivity index (χ1v) is 7.06. The number of carbonyl (C=O) groups excluding carboxylic acids is 1. The van der Waals surface area contributed by atoms with Crippen molar-refractivity contribution in [3.8, 4) is 0 Å². The molecule has 0 radical (unpaired) electrons. The first kappa shape index (κ1) is 17.0. The van der Waals surface area contributed by atoms with Crippen molar-refractivity contribution < 1.29 is 22.7 Å². The van der Waals surface area contributed by atoms with Gasteiger partial charge >= 0.3 is 6.18 Å².